The maximum atomic E-state index is 9.98. The first-order valence-electron chi connectivity index (χ1n) is 6.94. The lowest BCUT2D eigenvalue weighted by Crippen LogP contribution is -2.50. The van der Waals surface area contributed by atoms with E-state index >= 15 is 0 Å². The van der Waals surface area contributed by atoms with E-state index in [1.807, 2.05) is 0 Å². The van der Waals surface area contributed by atoms with Gasteiger partial charge in [-0.25, -0.2) is 0 Å². The molecule has 0 aromatic carbocycles. The molecule has 2 aliphatic heterocycles. The van der Waals surface area contributed by atoms with Crippen LogP contribution in [0.2, 0.25) is 0 Å². The van der Waals surface area contributed by atoms with E-state index in [4.69, 9.17) is 0 Å². The van der Waals surface area contributed by atoms with Crippen molar-refractivity contribution in [1.29, 1.82) is 0 Å². The first-order valence-corrected chi connectivity index (χ1v) is 6.94. The summed E-state index contributed by atoms with van der Waals surface area (Å²) in [6.07, 6.45) is 5.89. The number of piperidine rings is 2. The van der Waals surface area contributed by atoms with Gasteiger partial charge in [-0.3, -0.25) is 4.90 Å². The van der Waals surface area contributed by atoms with Crippen molar-refractivity contribution in [2.24, 2.45) is 5.92 Å². The molecule has 2 fully saturated rings. The predicted molar refractivity (Wildman–Crippen MR) is 66.5 cm³/mol. The Morgan fingerprint density at radius 2 is 2.00 bits per heavy atom. The molecule has 3 nitrogen and oxygen atoms in total. The molecule has 2 N–H and O–H groups in total. The van der Waals surface area contributed by atoms with Gasteiger partial charge in [-0.05, 0) is 44.7 Å². The summed E-state index contributed by atoms with van der Waals surface area (Å²) in [6, 6.07) is 0.771. The SMILES string of the molecule is CCC[C@@H]1CN(C2CCNCC2)CC[C@@H]1O. The molecule has 2 aliphatic rings. The Morgan fingerprint density at radius 1 is 1.25 bits per heavy atom. The summed E-state index contributed by atoms with van der Waals surface area (Å²) in [6.45, 7) is 6.78. The average molecular weight is 226 g/mol. The fraction of sp³-hybridized carbons (Fsp3) is 1.00. The molecule has 0 amide bonds. The topological polar surface area (TPSA) is 35.5 Å². The smallest absolute Gasteiger partial charge is 0.0592 e. The van der Waals surface area contributed by atoms with E-state index < -0.39 is 0 Å². The van der Waals surface area contributed by atoms with Gasteiger partial charge in [-0.1, -0.05) is 13.3 Å². The van der Waals surface area contributed by atoms with Crippen LogP contribution in [0.3, 0.4) is 0 Å². The molecule has 2 atom stereocenters. The van der Waals surface area contributed by atoms with E-state index in [-0.39, 0.29) is 6.10 Å². The van der Waals surface area contributed by atoms with Crippen molar-refractivity contribution in [3.8, 4) is 0 Å². The van der Waals surface area contributed by atoms with Crippen LogP contribution in [0.25, 0.3) is 0 Å². The summed E-state index contributed by atoms with van der Waals surface area (Å²) in [7, 11) is 0. The monoisotopic (exact) mass is 226 g/mol. The largest absolute Gasteiger partial charge is 0.393 e. The quantitative estimate of drug-likeness (QED) is 0.759. The van der Waals surface area contributed by atoms with E-state index in [2.05, 4.69) is 17.1 Å². The lowest BCUT2D eigenvalue weighted by molar-refractivity contribution is 0.000682. The molecule has 94 valence electrons. The van der Waals surface area contributed by atoms with Gasteiger partial charge in [0.15, 0.2) is 0 Å². The van der Waals surface area contributed by atoms with Gasteiger partial charge >= 0.3 is 0 Å². The van der Waals surface area contributed by atoms with Gasteiger partial charge in [-0.15, -0.1) is 0 Å². The molecule has 0 spiro atoms. The van der Waals surface area contributed by atoms with E-state index in [0.717, 1.165) is 25.6 Å². The van der Waals surface area contributed by atoms with Crippen LogP contribution in [-0.2, 0) is 0 Å². The van der Waals surface area contributed by atoms with Gasteiger partial charge in [0.2, 0.25) is 0 Å². The first-order chi connectivity index (χ1) is 7.81. The molecule has 0 radical (unpaired) electrons. The summed E-state index contributed by atoms with van der Waals surface area (Å²) in [5.74, 6) is 0.522. The molecule has 2 heterocycles. The maximum Gasteiger partial charge on any atom is 0.0592 e. The lowest BCUT2D eigenvalue weighted by atomic mass is 9.89. The molecule has 0 bridgehead atoms. The van der Waals surface area contributed by atoms with Crippen molar-refractivity contribution in [2.45, 2.75) is 51.2 Å². The molecule has 2 rings (SSSR count). The van der Waals surface area contributed by atoms with Gasteiger partial charge in [0.25, 0.3) is 0 Å². The molecule has 0 aromatic heterocycles. The average Bonchev–Trinajstić information content (AvgIpc) is 2.33. The van der Waals surface area contributed by atoms with Crippen molar-refractivity contribution in [2.75, 3.05) is 26.2 Å². The second-order valence-corrected chi connectivity index (χ2v) is 5.38. The highest BCUT2D eigenvalue weighted by molar-refractivity contribution is 4.85. The molecule has 0 unspecified atom stereocenters. The number of nitrogens with zero attached hydrogens (tertiary/aromatic N) is 1. The molecular weight excluding hydrogens is 200 g/mol. The van der Waals surface area contributed by atoms with Crippen molar-refractivity contribution in [1.82, 2.24) is 10.2 Å². The van der Waals surface area contributed by atoms with Gasteiger partial charge in [0.1, 0.15) is 0 Å². The zero-order valence-electron chi connectivity index (χ0n) is 10.5. The molecule has 3 heteroatoms. The van der Waals surface area contributed by atoms with E-state index in [0.29, 0.717) is 5.92 Å². The van der Waals surface area contributed by atoms with E-state index in [9.17, 15) is 5.11 Å². The maximum absolute atomic E-state index is 9.98. The van der Waals surface area contributed by atoms with Crippen molar-refractivity contribution in [3.05, 3.63) is 0 Å². The van der Waals surface area contributed by atoms with Gasteiger partial charge in [0, 0.05) is 19.1 Å². The van der Waals surface area contributed by atoms with Crippen molar-refractivity contribution in [3.63, 3.8) is 0 Å². The molecule has 2 saturated heterocycles. The van der Waals surface area contributed by atoms with Crippen LogP contribution in [0, 0.1) is 5.92 Å². The van der Waals surface area contributed by atoms with E-state index in [1.54, 1.807) is 0 Å². The number of aliphatic hydroxyl groups excluding tert-OH is 1. The molecule has 0 saturated carbocycles. The Bertz CT molecular complexity index is 204. The number of likely N-dealkylation sites (tertiary alicyclic amines) is 1. The Hall–Kier alpha value is -0.120. The lowest BCUT2D eigenvalue weighted by Gasteiger charge is -2.42. The Labute approximate surface area is 99.2 Å². The minimum atomic E-state index is -0.0436. The minimum Gasteiger partial charge on any atom is -0.393 e. The normalized spacial score (nSPS) is 34.1. The predicted octanol–water partition coefficient (Wildman–Crippen LogP) is 1.22. The Balaban J connectivity index is 1.86. The zero-order valence-corrected chi connectivity index (χ0v) is 10.5. The van der Waals surface area contributed by atoms with Gasteiger partial charge in [0.05, 0.1) is 6.10 Å². The number of hydrogen-bond acceptors (Lipinski definition) is 3. The Morgan fingerprint density at radius 3 is 2.69 bits per heavy atom. The highest BCUT2D eigenvalue weighted by atomic mass is 16.3. The van der Waals surface area contributed by atoms with Gasteiger partial charge < -0.3 is 10.4 Å². The molecule has 0 aromatic rings. The summed E-state index contributed by atoms with van der Waals surface area (Å²) in [4.78, 5) is 2.63. The second-order valence-electron chi connectivity index (χ2n) is 5.38. The number of hydrogen-bond donors (Lipinski definition) is 2. The highest BCUT2D eigenvalue weighted by Gasteiger charge is 2.31. The van der Waals surface area contributed by atoms with Crippen molar-refractivity contribution >= 4 is 0 Å². The first kappa shape index (κ1) is 12.3. The van der Waals surface area contributed by atoms with Crippen LogP contribution >= 0.6 is 0 Å². The fourth-order valence-electron chi connectivity index (χ4n) is 3.21. The third-order valence-electron chi connectivity index (χ3n) is 4.21. The molecule has 16 heavy (non-hydrogen) atoms. The summed E-state index contributed by atoms with van der Waals surface area (Å²) in [5, 5.41) is 13.4. The van der Waals surface area contributed by atoms with E-state index in [1.165, 1.54) is 38.8 Å². The van der Waals surface area contributed by atoms with Gasteiger partial charge in [-0.2, -0.15) is 0 Å². The summed E-state index contributed by atoms with van der Waals surface area (Å²) >= 11 is 0. The number of rotatable bonds is 3. The molecule has 0 aliphatic carbocycles. The van der Waals surface area contributed by atoms with Crippen LogP contribution in [0.4, 0.5) is 0 Å². The molecular formula is C13H26N2O. The van der Waals surface area contributed by atoms with Crippen LogP contribution in [-0.4, -0.2) is 48.3 Å². The van der Waals surface area contributed by atoms with Crippen LogP contribution in [0.1, 0.15) is 39.0 Å². The van der Waals surface area contributed by atoms with Crippen LogP contribution < -0.4 is 5.32 Å². The number of nitrogens with one attached hydrogen (secondary N) is 1. The minimum absolute atomic E-state index is 0.0436. The zero-order chi connectivity index (χ0) is 11.4. The fourth-order valence-corrected chi connectivity index (χ4v) is 3.21. The summed E-state index contributed by atoms with van der Waals surface area (Å²) in [5.41, 5.74) is 0. The standard InChI is InChI=1S/C13H26N2O/c1-2-3-11-10-15(9-6-13(11)16)12-4-7-14-8-5-12/h11-14,16H,2-10H2,1H3/t11-,13+/m1/s1. The summed E-state index contributed by atoms with van der Waals surface area (Å²) < 4.78 is 0. The number of aliphatic hydroxyl groups is 1. The third kappa shape index (κ3) is 2.96. The van der Waals surface area contributed by atoms with Crippen molar-refractivity contribution < 1.29 is 5.11 Å². The van der Waals surface area contributed by atoms with Crippen LogP contribution in [0.5, 0.6) is 0 Å². The highest BCUT2D eigenvalue weighted by Crippen LogP contribution is 2.25. The third-order valence-corrected chi connectivity index (χ3v) is 4.21. The Kier molecular flexibility index (Phi) is 4.62. The second kappa shape index (κ2) is 5.99. The van der Waals surface area contributed by atoms with Crippen LogP contribution in [0.15, 0.2) is 0 Å².